The van der Waals surface area contributed by atoms with Crippen LogP contribution in [0.3, 0.4) is 0 Å². The topological polar surface area (TPSA) is 110 Å². The third-order valence-electron chi connectivity index (χ3n) is 6.01. The number of nitrogens with zero attached hydrogens (tertiary/aromatic N) is 3. The molecule has 0 unspecified atom stereocenters. The van der Waals surface area contributed by atoms with Gasteiger partial charge in [-0.25, -0.2) is 0 Å². The average Bonchev–Trinajstić information content (AvgIpc) is 3.11. The molecule has 3 amide bonds. The highest BCUT2D eigenvalue weighted by molar-refractivity contribution is 8.18. The van der Waals surface area contributed by atoms with Crippen molar-refractivity contribution >= 4 is 40.6 Å². The molecule has 2 heterocycles. The largest absolute Gasteiger partial charge is 0.489 e. The quantitative estimate of drug-likeness (QED) is 0.317. The van der Waals surface area contributed by atoms with Gasteiger partial charge in [-0.05, 0) is 72.0 Å². The second kappa shape index (κ2) is 10.7. The van der Waals surface area contributed by atoms with Gasteiger partial charge in [0.15, 0.2) is 0 Å². The van der Waals surface area contributed by atoms with Crippen molar-refractivity contribution in [1.82, 2.24) is 9.80 Å². The van der Waals surface area contributed by atoms with Crippen LogP contribution >= 0.6 is 11.8 Å². The molecule has 0 atom stereocenters. The van der Waals surface area contributed by atoms with E-state index in [2.05, 4.69) is 6.92 Å². The number of piperidine rings is 1. The van der Waals surface area contributed by atoms with Crippen LogP contribution < -0.4 is 4.74 Å². The first-order valence-corrected chi connectivity index (χ1v) is 12.1. The fourth-order valence-corrected chi connectivity index (χ4v) is 4.69. The molecular formula is C25H25N3O6S. The van der Waals surface area contributed by atoms with E-state index >= 15 is 0 Å². The number of ether oxygens (including phenoxy) is 1. The fraction of sp³-hybridized carbons (Fsp3) is 0.320. The molecule has 0 N–H and O–H groups in total. The highest BCUT2D eigenvalue weighted by atomic mass is 32.2. The Morgan fingerprint density at radius 2 is 1.89 bits per heavy atom. The summed E-state index contributed by atoms with van der Waals surface area (Å²) in [6.45, 7) is 3.43. The van der Waals surface area contributed by atoms with Crippen molar-refractivity contribution in [3.63, 3.8) is 0 Å². The molecule has 0 saturated carbocycles. The van der Waals surface area contributed by atoms with Gasteiger partial charge in [-0.3, -0.25) is 29.4 Å². The minimum atomic E-state index is -0.476. The van der Waals surface area contributed by atoms with Crippen molar-refractivity contribution in [1.29, 1.82) is 0 Å². The molecule has 2 aliphatic heterocycles. The SMILES string of the molecule is CC1CCN(C(=O)CN2C(=O)SC(=Cc3cccc(OCc4ccc([N+](=O)[O-])cc4)c3)C2=O)CC1. The lowest BCUT2D eigenvalue weighted by molar-refractivity contribution is -0.384. The van der Waals surface area contributed by atoms with E-state index in [1.54, 1.807) is 47.4 Å². The van der Waals surface area contributed by atoms with E-state index in [1.165, 1.54) is 12.1 Å². The van der Waals surface area contributed by atoms with E-state index in [-0.39, 0.29) is 29.7 Å². The minimum Gasteiger partial charge on any atom is -0.489 e. The van der Waals surface area contributed by atoms with Crippen LogP contribution in [0.1, 0.15) is 30.9 Å². The Bertz CT molecular complexity index is 1170. The first-order chi connectivity index (χ1) is 16.8. The van der Waals surface area contributed by atoms with Crippen molar-refractivity contribution in [3.8, 4) is 5.75 Å². The van der Waals surface area contributed by atoms with Crippen LogP contribution in [0.4, 0.5) is 10.5 Å². The predicted octanol–water partition coefficient (Wildman–Crippen LogP) is 4.47. The second-order valence-electron chi connectivity index (χ2n) is 8.62. The van der Waals surface area contributed by atoms with Gasteiger partial charge in [0.25, 0.3) is 16.8 Å². The third-order valence-corrected chi connectivity index (χ3v) is 6.92. The lowest BCUT2D eigenvalue weighted by atomic mass is 9.99. The number of nitro groups is 1. The lowest BCUT2D eigenvalue weighted by Crippen LogP contribution is -2.45. The molecule has 0 aliphatic carbocycles. The van der Waals surface area contributed by atoms with Crippen LogP contribution in [-0.4, -0.2) is 51.4 Å². The molecular weight excluding hydrogens is 470 g/mol. The highest BCUT2D eigenvalue weighted by Crippen LogP contribution is 2.33. The number of non-ortho nitro benzene ring substituents is 1. The number of imide groups is 1. The number of rotatable bonds is 7. The molecule has 35 heavy (non-hydrogen) atoms. The first-order valence-electron chi connectivity index (χ1n) is 11.3. The van der Waals surface area contributed by atoms with Crippen molar-refractivity contribution in [2.45, 2.75) is 26.4 Å². The fourth-order valence-electron chi connectivity index (χ4n) is 3.86. The lowest BCUT2D eigenvalue weighted by Gasteiger charge is -2.31. The molecule has 2 fully saturated rings. The van der Waals surface area contributed by atoms with Crippen LogP contribution in [0.2, 0.25) is 0 Å². The van der Waals surface area contributed by atoms with E-state index < -0.39 is 16.1 Å². The number of carbonyl (C=O) groups is 3. The van der Waals surface area contributed by atoms with E-state index in [0.29, 0.717) is 30.3 Å². The van der Waals surface area contributed by atoms with E-state index in [4.69, 9.17) is 4.74 Å². The maximum atomic E-state index is 12.8. The van der Waals surface area contributed by atoms with Gasteiger partial charge in [-0.2, -0.15) is 0 Å². The Hall–Kier alpha value is -3.66. The molecule has 0 aromatic heterocycles. The van der Waals surface area contributed by atoms with Crippen LogP contribution in [0, 0.1) is 16.0 Å². The molecule has 0 radical (unpaired) electrons. The van der Waals surface area contributed by atoms with Crippen molar-refractivity contribution in [2.75, 3.05) is 19.6 Å². The number of hydrogen-bond donors (Lipinski definition) is 0. The van der Waals surface area contributed by atoms with Gasteiger partial charge in [0.1, 0.15) is 18.9 Å². The summed E-state index contributed by atoms with van der Waals surface area (Å²) in [6.07, 6.45) is 3.46. The molecule has 2 aromatic rings. The Labute approximate surface area is 206 Å². The van der Waals surface area contributed by atoms with Crippen LogP contribution in [0.5, 0.6) is 5.75 Å². The van der Waals surface area contributed by atoms with E-state index in [1.807, 2.05) is 0 Å². The Morgan fingerprint density at radius 1 is 1.17 bits per heavy atom. The molecule has 10 heteroatoms. The van der Waals surface area contributed by atoms with Gasteiger partial charge in [0, 0.05) is 25.2 Å². The summed E-state index contributed by atoms with van der Waals surface area (Å²) in [5.74, 6) is 0.442. The van der Waals surface area contributed by atoms with Crippen molar-refractivity contribution in [3.05, 3.63) is 74.7 Å². The van der Waals surface area contributed by atoms with Gasteiger partial charge in [0.05, 0.1) is 9.83 Å². The molecule has 4 rings (SSSR count). The standard InChI is InChI=1S/C25H25N3O6S/c1-17-9-11-26(12-10-17)23(29)15-27-24(30)22(35-25(27)31)14-19-3-2-4-21(13-19)34-16-18-5-7-20(8-6-18)28(32)33/h2-8,13-14,17H,9-12,15-16H2,1H3. The monoisotopic (exact) mass is 495 g/mol. The summed E-state index contributed by atoms with van der Waals surface area (Å²) in [4.78, 5) is 51.2. The smallest absolute Gasteiger partial charge is 0.294 e. The van der Waals surface area contributed by atoms with Crippen molar-refractivity contribution < 1.29 is 24.0 Å². The van der Waals surface area contributed by atoms with Gasteiger partial charge in [-0.1, -0.05) is 19.1 Å². The summed E-state index contributed by atoms with van der Waals surface area (Å²) < 4.78 is 5.78. The summed E-state index contributed by atoms with van der Waals surface area (Å²) in [6, 6.07) is 13.1. The molecule has 0 bridgehead atoms. The summed E-state index contributed by atoms with van der Waals surface area (Å²) in [7, 11) is 0. The number of benzene rings is 2. The molecule has 9 nitrogen and oxygen atoms in total. The van der Waals surface area contributed by atoms with E-state index in [0.717, 1.165) is 35.1 Å². The second-order valence-corrected chi connectivity index (χ2v) is 9.61. The van der Waals surface area contributed by atoms with Gasteiger partial charge in [-0.15, -0.1) is 0 Å². The molecule has 0 spiro atoms. The molecule has 2 aliphatic rings. The zero-order valence-corrected chi connectivity index (χ0v) is 20.0. The highest BCUT2D eigenvalue weighted by Gasteiger charge is 2.37. The third kappa shape index (κ3) is 6.07. The zero-order chi connectivity index (χ0) is 24.9. The first kappa shape index (κ1) is 24.5. The molecule has 2 aromatic carbocycles. The van der Waals surface area contributed by atoms with Crippen molar-refractivity contribution in [2.24, 2.45) is 5.92 Å². The number of hydrogen-bond acceptors (Lipinski definition) is 7. The maximum Gasteiger partial charge on any atom is 0.294 e. The minimum absolute atomic E-state index is 0.0110. The summed E-state index contributed by atoms with van der Waals surface area (Å²) >= 11 is 0.817. The zero-order valence-electron chi connectivity index (χ0n) is 19.2. The molecule has 182 valence electrons. The van der Waals surface area contributed by atoms with Gasteiger partial charge < -0.3 is 9.64 Å². The van der Waals surface area contributed by atoms with Crippen LogP contribution in [0.15, 0.2) is 53.4 Å². The summed E-state index contributed by atoms with van der Waals surface area (Å²) in [5, 5.41) is 10.3. The number of thioether (sulfide) groups is 1. The Kier molecular flexibility index (Phi) is 7.50. The van der Waals surface area contributed by atoms with Crippen LogP contribution in [-0.2, 0) is 16.2 Å². The average molecular weight is 496 g/mol. The number of amides is 3. The number of likely N-dealkylation sites (tertiary alicyclic amines) is 1. The predicted molar refractivity (Wildman–Crippen MR) is 132 cm³/mol. The van der Waals surface area contributed by atoms with Gasteiger partial charge in [0.2, 0.25) is 5.91 Å². The Balaban J connectivity index is 1.38. The van der Waals surface area contributed by atoms with Gasteiger partial charge >= 0.3 is 0 Å². The molecule has 2 saturated heterocycles. The normalized spacial score (nSPS) is 17.8. The number of nitro benzene ring substituents is 1. The maximum absolute atomic E-state index is 12.8. The van der Waals surface area contributed by atoms with Crippen LogP contribution in [0.25, 0.3) is 6.08 Å². The summed E-state index contributed by atoms with van der Waals surface area (Å²) in [5.41, 5.74) is 1.46. The van der Waals surface area contributed by atoms with E-state index in [9.17, 15) is 24.5 Å². The Morgan fingerprint density at radius 3 is 2.57 bits per heavy atom. The number of carbonyl (C=O) groups excluding carboxylic acids is 3.